The predicted octanol–water partition coefficient (Wildman–Crippen LogP) is 2.94. The maximum Gasteiger partial charge on any atom is 0.336 e. The van der Waals surface area contributed by atoms with Crippen molar-refractivity contribution in [2.75, 3.05) is 13.1 Å². The van der Waals surface area contributed by atoms with Crippen molar-refractivity contribution in [2.45, 2.75) is 18.8 Å². The Morgan fingerprint density at radius 3 is 2.70 bits per heavy atom. The summed E-state index contributed by atoms with van der Waals surface area (Å²) in [6.07, 6.45) is 1.54. The number of hydrogen-bond acceptors (Lipinski definition) is 6. The third kappa shape index (κ3) is 4.26. The minimum Gasteiger partial charge on any atom is -0.481 e. The van der Waals surface area contributed by atoms with Crippen molar-refractivity contribution in [1.82, 2.24) is 4.90 Å². The molecule has 1 amide bonds. The van der Waals surface area contributed by atoms with E-state index in [9.17, 15) is 29.5 Å². The van der Waals surface area contributed by atoms with Gasteiger partial charge in [0.05, 0.1) is 17.6 Å². The van der Waals surface area contributed by atoms with Gasteiger partial charge in [0, 0.05) is 35.7 Å². The number of nitriles is 1. The molecular formula is C25H20N2O6. The van der Waals surface area contributed by atoms with Crippen molar-refractivity contribution in [2.24, 2.45) is 5.92 Å². The molecule has 3 aromatic rings. The van der Waals surface area contributed by atoms with Crippen LogP contribution in [0.2, 0.25) is 0 Å². The average molecular weight is 444 g/mol. The number of nitrogens with zero attached hydrogens (tertiary/aromatic N) is 2. The maximum absolute atomic E-state index is 13.0. The lowest BCUT2D eigenvalue weighted by molar-refractivity contribution is -0.146. The van der Waals surface area contributed by atoms with Gasteiger partial charge < -0.3 is 19.2 Å². The van der Waals surface area contributed by atoms with Gasteiger partial charge in [-0.05, 0) is 30.5 Å². The smallest absolute Gasteiger partial charge is 0.336 e. The molecule has 0 radical (unpaired) electrons. The molecule has 1 N–H and O–H groups in total. The van der Waals surface area contributed by atoms with E-state index >= 15 is 0 Å². The summed E-state index contributed by atoms with van der Waals surface area (Å²) in [5.41, 5.74) is 1.38. The molecule has 1 aromatic heterocycles. The first-order valence-electron chi connectivity index (χ1n) is 10.5. The molecule has 0 aliphatic carbocycles. The zero-order chi connectivity index (χ0) is 23.5. The monoisotopic (exact) mass is 444 g/mol. The van der Waals surface area contributed by atoms with Gasteiger partial charge in [0.25, 0.3) is 0 Å². The molecule has 1 fully saturated rings. The van der Waals surface area contributed by atoms with Crippen molar-refractivity contribution in [3.05, 3.63) is 70.1 Å². The lowest BCUT2D eigenvalue weighted by atomic mass is 9.92. The van der Waals surface area contributed by atoms with Crippen LogP contribution < -0.4 is 5.63 Å². The van der Waals surface area contributed by atoms with E-state index in [1.54, 1.807) is 36.4 Å². The van der Waals surface area contributed by atoms with Crippen LogP contribution in [0.5, 0.6) is 0 Å². The molecule has 0 unspecified atom stereocenters. The van der Waals surface area contributed by atoms with Crippen molar-refractivity contribution in [1.29, 1.82) is 5.26 Å². The van der Waals surface area contributed by atoms with Gasteiger partial charge in [0.1, 0.15) is 17.8 Å². The molecule has 2 heterocycles. The average Bonchev–Trinajstić information content (AvgIpc) is 2.83. The highest BCUT2D eigenvalue weighted by atomic mass is 16.4. The number of carboxylic acid groups (broad SMARTS) is 1. The van der Waals surface area contributed by atoms with E-state index < -0.39 is 29.3 Å². The first-order valence-corrected chi connectivity index (χ1v) is 10.5. The highest BCUT2D eigenvalue weighted by Crippen LogP contribution is 2.32. The second-order valence-corrected chi connectivity index (χ2v) is 7.97. The second kappa shape index (κ2) is 9.09. The second-order valence-electron chi connectivity index (χ2n) is 7.97. The Kier molecular flexibility index (Phi) is 6.05. The molecule has 8 heteroatoms. The Labute approximate surface area is 188 Å². The summed E-state index contributed by atoms with van der Waals surface area (Å²) in [5.74, 6) is -3.26. The summed E-state index contributed by atoms with van der Waals surface area (Å²) in [6.45, 7) is 0.432. The van der Waals surface area contributed by atoms with Crippen molar-refractivity contribution < 1.29 is 23.9 Å². The summed E-state index contributed by atoms with van der Waals surface area (Å²) in [6, 6.07) is 15.0. The van der Waals surface area contributed by atoms with E-state index in [0.717, 1.165) is 0 Å². The maximum atomic E-state index is 13.0. The van der Waals surface area contributed by atoms with Crippen molar-refractivity contribution in [3.8, 4) is 17.2 Å². The Morgan fingerprint density at radius 2 is 1.97 bits per heavy atom. The fraction of sp³-hybridized carbons (Fsp3) is 0.240. The third-order valence-electron chi connectivity index (χ3n) is 5.95. The number of fused-ring (bicyclic) bond motifs is 1. The zero-order valence-corrected chi connectivity index (χ0v) is 17.6. The quantitative estimate of drug-likeness (QED) is 0.364. The summed E-state index contributed by atoms with van der Waals surface area (Å²) in [4.78, 5) is 49.9. The van der Waals surface area contributed by atoms with Gasteiger partial charge in [-0.15, -0.1) is 0 Å². The number of carbonyl (C=O) groups is 3. The Hall–Kier alpha value is -4.25. The van der Waals surface area contributed by atoms with Gasteiger partial charge in [-0.25, -0.2) is 4.79 Å². The topological polar surface area (TPSA) is 129 Å². The molecule has 1 saturated heterocycles. The highest BCUT2D eigenvalue weighted by Gasteiger charge is 2.32. The molecule has 0 bridgehead atoms. The Balaban J connectivity index is 1.74. The van der Waals surface area contributed by atoms with Crippen molar-refractivity contribution >= 4 is 29.1 Å². The first kappa shape index (κ1) is 22.0. The number of carbonyl (C=O) groups excluding carboxylic acids is 2. The summed E-state index contributed by atoms with van der Waals surface area (Å²) < 4.78 is 5.35. The summed E-state index contributed by atoms with van der Waals surface area (Å²) in [7, 11) is 0. The van der Waals surface area contributed by atoms with Crippen LogP contribution in [0.15, 0.2) is 57.7 Å². The fourth-order valence-corrected chi connectivity index (χ4v) is 4.27. The fourth-order valence-electron chi connectivity index (χ4n) is 4.27. The third-order valence-corrected chi connectivity index (χ3v) is 5.95. The minimum absolute atomic E-state index is 0.0518. The molecule has 0 spiro atoms. The standard InChI is InChI=1S/C25H20N2O6/c26-12-16-4-1-2-6-18(16)20-11-23(29)33-22-10-15(7-8-19(20)22)21(14-28)24(30)27-9-3-5-17(13-27)25(31)32/h1-2,4,6-8,10-11,14,17,21H,3,5,9,13H2,(H,31,32)/t17-,21-/m0/s1. The summed E-state index contributed by atoms with van der Waals surface area (Å²) >= 11 is 0. The molecular weight excluding hydrogens is 424 g/mol. The van der Waals surface area contributed by atoms with Gasteiger partial charge in [-0.3, -0.25) is 9.59 Å². The van der Waals surface area contributed by atoms with Crippen LogP contribution >= 0.6 is 0 Å². The molecule has 2 atom stereocenters. The lowest BCUT2D eigenvalue weighted by Crippen LogP contribution is -2.44. The number of piperidine rings is 1. The van der Waals surface area contributed by atoms with Crippen LogP contribution in [-0.4, -0.2) is 41.3 Å². The molecule has 4 rings (SSSR count). The number of benzene rings is 2. The van der Waals surface area contributed by atoms with Gasteiger partial charge in [0.15, 0.2) is 0 Å². The highest BCUT2D eigenvalue weighted by molar-refractivity contribution is 6.00. The van der Waals surface area contributed by atoms with Gasteiger partial charge in [-0.2, -0.15) is 5.26 Å². The lowest BCUT2D eigenvalue weighted by Gasteiger charge is -2.32. The van der Waals surface area contributed by atoms with Gasteiger partial charge in [-0.1, -0.05) is 30.3 Å². The van der Waals surface area contributed by atoms with E-state index in [-0.39, 0.29) is 12.1 Å². The van der Waals surface area contributed by atoms with Crippen molar-refractivity contribution in [3.63, 3.8) is 0 Å². The molecule has 2 aromatic carbocycles. The van der Waals surface area contributed by atoms with Gasteiger partial charge >= 0.3 is 11.6 Å². The van der Waals surface area contributed by atoms with Crippen LogP contribution in [0.4, 0.5) is 0 Å². The zero-order valence-electron chi connectivity index (χ0n) is 17.6. The molecule has 8 nitrogen and oxygen atoms in total. The molecule has 166 valence electrons. The largest absolute Gasteiger partial charge is 0.481 e. The van der Waals surface area contributed by atoms with Crippen LogP contribution in [-0.2, 0) is 14.4 Å². The van der Waals surface area contributed by atoms with E-state index in [0.29, 0.717) is 53.3 Å². The van der Waals surface area contributed by atoms with E-state index in [2.05, 4.69) is 6.07 Å². The van der Waals surface area contributed by atoms with E-state index in [4.69, 9.17) is 4.42 Å². The van der Waals surface area contributed by atoms with Crippen LogP contribution in [0.25, 0.3) is 22.1 Å². The number of carboxylic acids is 1. The molecule has 0 saturated carbocycles. The van der Waals surface area contributed by atoms with Crippen LogP contribution in [0.1, 0.15) is 29.9 Å². The number of rotatable bonds is 5. The van der Waals surface area contributed by atoms with Crippen LogP contribution in [0.3, 0.4) is 0 Å². The number of likely N-dealkylation sites (tertiary alicyclic amines) is 1. The molecule has 1 aliphatic heterocycles. The number of aldehydes is 1. The minimum atomic E-state index is -1.15. The Morgan fingerprint density at radius 1 is 1.18 bits per heavy atom. The number of hydrogen-bond donors (Lipinski definition) is 1. The van der Waals surface area contributed by atoms with Crippen LogP contribution in [0, 0.1) is 17.2 Å². The summed E-state index contributed by atoms with van der Waals surface area (Å²) in [5, 5.41) is 19.3. The molecule has 1 aliphatic rings. The molecule has 33 heavy (non-hydrogen) atoms. The van der Waals surface area contributed by atoms with E-state index in [1.165, 1.54) is 17.0 Å². The Bertz CT molecular complexity index is 1350. The normalized spacial score (nSPS) is 16.7. The van der Waals surface area contributed by atoms with E-state index in [1.807, 2.05) is 0 Å². The SMILES string of the molecule is N#Cc1ccccc1-c1cc(=O)oc2cc([C@H](C=O)C(=O)N3CCC[C@H](C(=O)O)C3)ccc12. The predicted molar refractivity (Wildman–Crippen MR) is 118 cm³/mol. The van der Waals surface area contributed by atoms with Gasteiger partial charge in [0.2, 0.25) is 5.91 Å². The number of aliphatic carboxylic acids is 1. The number of amides is 1. The first-order chi connectivity index (χ1) is 15.9.